The molecule has 15 heteroatoms. The Bertz CT molecular complexity index is 1820. The first-order chi connectivity index (χ1) is 23.4. The number of nitrogens with one attached hydrogen (secondary N) is 1. The standard InChI is InChI=1S/C31H33N5O4.C4H6O5.H2O/c1-34-15-17-36(18-16-34)20-27(37)35(2)24-12-10-23(11-13-24)32-29(21-7-5-4-6-8-21)28-25-14-9-22(31(39)40-3)19-26(25)33-30(28)38;5-2(4(8)9)1-3(6)7;/h4-14,19,33,38H,15-18,20H2,1-3H3;2,5H,1H2,(H,6,7)(H,8,9);1H2. The zero-order valence-corrected chi connectivity index (χ0v) is 27.9. The number of methoxy groups -OCH3 is 1. The third kappa shape index (κ3) is 9.96. The number of aromatic nitrogens is 1. The van der Waals surface area contributed by atoms with Crippen LogP contribution < -0.4 is 4.90 Å². The number of H-pyrrole nitrogens is 1. The van der Waals surface area contributed by atoms with Crippen LogP contribution in [0.3, 0.4) is 0 Å². The van der Waals surface area contributed by atoms with Crippen LogP contribution in [0, 0.1) is 0 Å². The first-order valence-electron chi connectivity index (χ1n) is 15.4. The number of carbonyl (C=O) groups excluding carboxylic acids is 2. The fourth-order valence-corrected chi connectivity index (χ4v) is 5.11. The van der Waals surface area contributed by atoms with Crippen molar-refractivity contribution in [3.63, 3.8) is 0 Å². The third-order valence-electron chi connectivity index (χ3n) is 7.94. The van der Waals surface area contributed by atoms with Gasteiger partial charge >= 0.3 is 17.9 Å². The maximum absolute atomic E-state index is 12.9. The fraction of sp³-hybridized carbons (Fsp3) is 0.286. The van der Waals surface area contributed by atoms with Gasteiger partial charge in [0.05, 0.1) is 42.6 Å². The Morgan fingerprint density at radius 2 is 1.58 bits per heavy atom. The summed E-state index contributed by atoms with van der Waals surface area (Å²) in [5, 5.41) is 35.8. The molecule has 0 spiro atoms. The predicted octanol–water partition coefficient (Wildman–Crippen LogP) is 2.12. The van der Waals surface area contributed by atoms with Gasteiger partial charge in [0.25, 0.3) is 0 Å². The minimum atomic E-state index is -1.79. The van der Waals surface area contributed by atoms with Crippen molar-refractivity contribution in [2.45, 2.75) is 12.5 Å². The molecule has 4 aromatic rings. The highest BCUT2D eigenvalue weighted by molar-refractivity contribution is 6.22. The van der Waals surface area contributed by atoms with Gasteiger partial charge in [-0.15, -0.1) is 0 Å². The summed E-state index contributed by atoms with van der Waals surface area (Å²) < 4.78 is 4.83. The van der Waals surface area contributed by atoms with E-state index in [1.165, 1.54) is 7.11 Å². The lowest BCUT2D eigenvalue weighted by molar-refractivity contribution is -0.152. The summed E-state index contributed by atoms with van der Waals surface area (Å²) in [6.45, 7) is 4.09. The predicted molar refractivity (Wildman–Crippen MR) is 186 cm³/mol. The van der Waals surface area contributed by atoms with E-state index in [-0.39, 0.29) is 17.3 Å². The number of ether oxygens (including phenoxy) is 1. The molecule has 0 saturated carbocycles. The molecule has 1 aromatic heterocycles. The number of hydrogen-bond acceptors (Lipinski definition) is 10. The van der Waals surface area contributed by atoms with Crippen LogP contribution in [0.5, 0.6) is 5.88 Å². The quantitative estimate of drug-likeness (QED) is 0.120. The number of rotatable bonds is 10. The molecule has 0 aliphatic carbocycles. The first kappa shape index (κ1) is 38.8. The molecule has 1 aliphatic heterocycles. The topological polar surface area (TPSA) is 228 Å². The Balaban J connectivity index is 0.000000597. The van der Waals surface area contributed by atoms with Crippen molar-refractivity contribution in [3.8, 4) is 5.88 Å². The minimum absolute atomic E-state index is 0. The van der Waals surface area contributed by atoms with E-state index in [4.69, 9.17) is 25.0 Å². The number of aromatic hydroxyl groups is 1. The van der Waals surface area contributed by atoms with Crippen LogP contribution in [0.4, 0.5) is 11.4 Å². The molecule has 3 aromatic carbocycles. The number of aliphatic imine (C=N–C) groups is 1. The van der Waals surface area contributed by atoms with Gasteiger partial charge in [-0.2, -0.15) is 0 Å². The molecule has 0 radical (unpaired) electrons. The number of piperazine rings is 1. The van der Waals surface area contributed by atoms with Gasteiger partial charge in [-0.3, -0.25) is 14.5 Å². The molecule has 1 aliphatic rings. The number of esters is 1. The molecule has 1 saturated heterocycles. The molecule has 7 N–H and O–H groups in total. The summed E-state index contributed by atoms with van der Waals surface area (Å²) in [6, 6.07) is 22.2. The maximum atomic E-state index is 12.9. The van der Waals surface area contributed by atoms with Crippen LogP contribution in [0.1, 0.15) is 27.9 Å². The lowest BCUT2D eigenvalue weighted by Gasteiger charge is -2.32. The van der Waals surface area contributed by atoms with Crippen molar-refractivity contribution in [2.24, 2.45) is 4.99 Å². The van der Waals surface area contributed by atoms with E-state index in [9.17, 15) is 24.3 Å². The van der Waals surface area contributed by atoms with Crippen LogP contribution in [0.15, 0.2) is 77.8 Å². The molecular formula is C35H41N5O10. The maximum Gasteiger partial charge on any atom is 0.337 e. The molecule has 2 heterocycles. The van der Waals surface area contributed by atoms with Crippen molar-refractivity contribution >= 4 is 51.8 Å². The summed E-state index contributed by atoms with van der Waals surface area (Å²) in [5.41, 5.74) is 4.34. The number of hydrogen-bond donors (Lipinski definition) is 5. The van der Waals surface area contributed by atoms with Crippen molar-refractivity contribution in [3.05, 3.63) is 89.5 Å². The fourth-order valence-electron chi connectivity index (χ4n) is 5.11. The van der Waals surface area contributed by atoms with Crippen molar-refractivity contribution < 1.29 is 49.8 Å². The van der Waals surface area contributed by atoms with Gasteiger partial charge in [-0.25, -0.2) is 14.6 Å². The van der Waals surface area contributed by atoms with Crippen LogP contribution in [-0.2, 0) is 19.1 Å². The molecule has 1 unspecified atom stereocenters. The highest BCUT2D eigenvalue weighted by Gasteiger charge is 2.22. The number of benzene rings is 3. The zero-order chi connectivity index (χ0) is 35.7. The number of aliphatic hydroxyl groups is 1. The van der Waals surface area contributed by atoms with Gasteiger partial charge in [0, 0.05) is 55.4 Å². The summed E-state index contributed by atoms with van der Waals surface area (Å²) in [6.07, 6.45) is -2.54. The molecule has 5 rings (SSSR count). The Morgan fingerprint density at radius 3 is 2.14 bits per heavy atom. The summed E-state index contributed by atoms with van der Waals surface area (Å²) in [7, 11) is 5.22. The molecule has 1 fully saturated rings. The highest BCUT2D eigenvalue weighted by Crippen LogP contribution is 2.32. The second kappa shape index (κ2) is 17.7. The normalized spacial score (nSPS) is 14.1. The van der Waals surface area contributed by atoms with Crippen LogP contribution in [0.2, 0.25) is 0 Å². The smallest absolute Gasteiger partial charge is 0.337 e. The number of amides is 1. The zero-order valence-electron chi connectivity index (χ0n) is 27.9. The van der Waals surface area contributed by atoms with Crippen LogP contribution in [-0.4, -0.2) is 130 Å². The highest BCUT2D eigenvalue weighted by atomic mass is 16.5. The van der Waals surface area contributed by atoms with Crippen molar-refractivity contribution in [1.29, 1.82) is 0 Å². The van der Waals surface area contributed by atoms with Crippen LogP contribution in [0.25, 0.3) is 10.9 Å². The second-order valence-electron chi connectivity index (χ2n) is 11.4. The van der Waals surface area contributed by atoms with Gasteiger partial charge in [-0.1, -0.05) is 36.4 Å². The lowest BCUT2D eigenvalue weighted by Crippen LogP contribution is -2.48. The van der Waals surface area contributed by atoms with E-state index in [1.54, 1.807) is 30.1 Å². The van der Waals surface area contributed by atoms with E-state index in [0.29, 0.717) is 34.6 Å². The molecular weight excluding hydrogens is 650 g/mol. The third-order valence-corrected chi connectivity index (χ3v) is 7.94. The Labute approximate surface area is 288 Å². The summed E-state index contributed by atoms with van der Waals surface area (Å²) in [4.78, 5) is 58.4. The average molecular weight is 692 g/mol. The molecule has 1 atom stereocenters. The number of carbonyl (C=O) groups is 4. The second-order valence-corrected chi connectivity index (χ2v) is 11.4. The number of likely N-dealkylation sites (N-methyl/N-ethyl adjacent to an activating group) is 2. The Kier molecular flexibility index (Phi) is 13.7. The largest absolute Gasteiger partial charge is 0.494 e. The number of carboxylic acids is 2. The van der Waals surface area contributed by atoms with E-state index in [2.05, 4.69) is 21.8 Å². The van der Waals surface area contributed by atoms with E-state index in [1.807, 2.05) is 54.6 Å². The molecule has 0 bridgehead atoms. The van der Waals surface area contributed by atoms with Gasteiger partial charge < -0.3 is 45.4 Å². The number of fused-ring (bicyclic) bond motifs is 1. The van der Waals surface area contributed by atoms with Crippen molar-refractivity contribution in [1.82, 2.24) is 14.8 Å². The molecule has 50 heavy (non-hydrogen) atoms. The average Bonchev–Trinajstić information content (AvgIpc) is 3.42. The minimum Gasteiger partial charge on any atom is -0.494 e. The molecule has 15 nitrogen and oxygen atoms in total. The molecule has 266 valence electrons. The molecule has 1 amide bonds. The summed E-state index contributed by atoms with van der Waals surface area (Å²) in [5.74, 6) is -3.31. The van der Waals surface area contributed by atoms with Gasteiger partial charge in [0.15, 0.2) is 12.0 Å². The van der Waals surface area contributed by atoms with Gasteiger partial charge in [-0.05, 0) is 43.4 Å². The van der Waals surface area contributed by atoms with Crippen molar-refractivity contribution in [2.75, 3.05) is 58.8 Å². The Morgan fingerprint density at radius 1 is 0.940 bits per heavy atom. The van der Waals surface area contributed by atoms with E-state index < -0.39 is 30.4 Å². The number of anilines is 1. The Hall–Kier alpha value is -5.61. The number of aliphatic hydroxyl groups excluding tert-OH is 1. The monoisotopic (exact) mass is 691 g/mol. The van der Waals surface area contributed by atoms with Gasteiger partial charge in [0.2, 0.25) is 5.91 Å². The number of aliphatic carboxylic acids is 2. The number of carboxylic acid groups (broad SMARTS) is 2. The number of aromatic amines is 1. The first-order valence-corrected chi connectivity index (χ1v) is 15.4. The SMILES string of the molecule is COC(=O)c1ccc2c(C(=Nc3ccc(N(C)C(=O)CN4CCN(C)CC4)cc3)c3ccccc3)c(O)[nH]c2c1.O.O=C(O)CC(O)C(=O)O. The van der Waals surface area contributed by atoms with E-state index >= 15 is 0 Å². The number of nitrogens with zero attached hydrogens (tertiary/aromatic N) is 4. The summed E-state index contributed by atoms with van der Waals surface area (Å²) >= 11 is 0. The van der Waals surface area contributed by atoms with Gasteiger partial charge in [0.1, 0.15) is 0 Å². The van der Waals surface area contributed by atoms with Crippen LogP contribution >= 0.6 is 0 Å². The van der Waals surface area contributed by atoms with E-state index in [0.717, 1.165) is 42.8 Å². The lowest BCUT2D eigenvalue weighted by atomic mass is 10.00.